The molecule has 0 spiro atoms. The summed E-state index contributed by atoms with van der Waals surface area (Å²) in [5.74, 6) is -0.217. The molecule has 1 aliphatic rings. The first-order valence-electron chi connectivity index (χ1n) is 7.99. The van der Waals surface area contributed by atoms with Crippen LogP contribution >= 0.6 is 11.3 Å². The maximum atomic E-state index is 12.5. The summed E-state index contributed by atoms with van der Waals surface area (Å²) in [5, 5.41) is 12.5. The van der Waals surface area contributed by atoms with Crippen LogP contribution in [0.1, 0.15) is 37.3 Å². The number of aromatic nitrogens is 2. The lowest BCUT2D eigenvalue weighted by Gasteiger charge is -2.31. The van der Waals surface area contributed by atoms with E-state index in [9.17, 15) is 4.79 Å². The lowest BCUT2D eigenvalue weighted by molar-refractivity contribution is -0.124. The van der Waals surface area contributed by atoms with E-state index >= 15 is 0 Å². The van der Waals surface area contributed by atoms with Gasteiger partial charge in [0.05, 0.1) is 0 Å². The van der Waals surface area contributed by atoms with Crippen LogP contribution < -0.4 is 11.1 Å². The summed E-state index contributed by atoms with van der Waals surface area (Å²) in [6, 6.07) is 10.1. The number of amides is 1. The summed E-state index contributed by atoms with van der Waals surface area (Å²) < 4.78 is 5.28. The zero-order valence-corrected chi connectivity index (χ0v) is 14.7. The fourth-order valence-electron chi connectivity index (χ4n) is 2.69. The van der Waals surface area contributed by atoms with Crippen molar-refractivity contribution >= 4 is 22.4 Å². The Labute approximate surface area is 145 Å². The van der Waals surface area contributed by atoms with Crippen LogP contribution in [0.25, 0.3) is 0 Å². The Morgan fingerprint density at radius 3 is 2.58 bits per heavy atom. The molecule has 1 amide bonds. The van der Waals surface area contributed by atoms with Crippen LogP contribution in [0.4, 0.5) is 5.13 Å². The zero-order valence-electron chi connectivity index (χ0n) is 13.9. The van der Waals surface area contributed by atoms with Crippen molar-refractivity contribution in [3.8, 4) is 0 Å². The van der Waals surface area contributed by atoms with Crippen LogP contribution in [0.3, 0.4) is 0 Å². The van der Waals surface area contributed by atoms with E-state index in [1.165, 1.54) is 11.3 Å². The molecule has 2 heterocycles. The van der Waals surface area contributed by atoms with Crippen LogP contribution in [0.2, 0.25) is 0 Å². The minimum atomic E-state index is -0.890. The maximum Gasteiger partial charge on any atom is 0.246 e. The lowest BCUT2D eigenvalue weighted by Crippen LogP contribution is -2.54. The highest BCUT2D eigenvalue weighted by Gasteiger charge is 2.37. The third-order valence-corrected chi connectivity index (χ3v) is 5.68. The van der Waals surface area contributed by atoms with Crippen molar-refractivity contribution in [3.63, 3.8) is 0 Å². The first-order chi connectivity index (χ1) is 11.4. The molecule has 0 aliphatic carbocycles. The standard InChI is InChI=1S/C17H22N4O2S/c1-16(2,12-6-4-3-5-7-12)14-20-21-15(24-14)19-13(22)17(18)8-10-23-11-9-17/h3-7H,8-11,18H2,1-2H3,(H,19,21,22). The molecule has 128 valence electrons. The average molecular weight is 346 g/mol. The second-order valence-corrected chi connectivity index (χ2v) is 7.60. The Balaban J connectivity index is 1.75. The molecule has 1 fully saturated rings. The molecular weight excluding hydrogens is 324 g/mol. The maximum absolute atomic E-state index is 12.5. The fraction of sp³-hybridized carbons (Fsp3) is 0.471. The van der Waals surface area contributed by atoms with E-state index in [4.69, 9.17) is 10.5 Å². The first kappa shape index (κ1) is 17.0. The minimum absolute atomic E-state index is 0.217. The van der Waals surface area contributed by atoms with Gasteiger partial charge in [-0.1, -0.05) is 41.7 Å². The number of ether oxygens (including phenoxy) is 1. The van der Waals surface area contributed by atoms with Crippen molar-refractivity contribution < 1.29 is 9.53 Å². The Morgan fingerprint density at radius 2 is 1.92 bits per heavy atom. The van der Waals surface area contributed by atoms with E-state index < -0.39 is 5.54 Å². The van der Waals surface area contributed by atoms with E-state index in [-0.39, 0.29) is 11.3 Å². The molecule has 0 atom stereocenters. The highest BCUT2D eigenvalue weighted by molar-refractivity contribution is 7.15. The second kappa shape index (κ2) is 6.58. The van der Waals surface area contributed by atoms with Gasteiger partial charge in [0, 0.05) is 18.6 Å². The highest BCUT2D eigenvalue weighted by Crippen LogP contribution is 2.34. The molecule has 7 heteroatoms. The normalized spacial score (nSPS) is 17.5. The number of carbonyl (C=O) groups excluding carboxylic acids is 1. The minimum Gasteiger partial charge on any atom is -0.381 e. The monoisotopic (exact) mass is 346 g/mol. The van der Waals surface area contributed by atoms with Crippen molar-refractivity contribution in [2.45, 2.75) is 37.6 Å². The van der Waals surface area contributed by atoms with Crippen LogP contribution in [0, 0.1) is 0 Å². The summed E-state index contributed by atoms with van der Waals surface area (Å²) >= 11 is 1.38. The van der Waals surface area contributed by atoms with Gasteiger partial charge in [-0.3, -0.25) is 10.1 Å². The summed E-state index contributed by atoms with van der Waals surface area (Å²) in [6.45, 7) is 5.20. The quantitative estimate of drug-likeness (QED) is 0.886. The van der Waals surface area contributed by atoms with Crippen LogP contribution in [-0.4, -0.2) is 34.9 Å². The molecule has 1 aromatic carbocycles. The SMILES string of the molecule is CC(C)(c1ccccc1)c1nnc(NC(=O)C2(N)CCOCC2)s1. The molecule has 3 N–H and O–H groups in total. The van der Waals surface area contributed by atoms with Crippen molar-refractivity contribution in [1.29, 1.82) is 0 Å². The topological polar surface area (TPSA) is 90.1 Å². The van der Waals surface area contributed by atoms with Crippen molar-refractivity contribution in [2.24, 2.45) is 5.73 Å². The van der Waals surface area contributed by atoms with Gasteiger partial charge in [0.2, 0.25) is 11.0 Å². The lowest BCUT2D eigenvalue weighted by atomic mass is 9.85. The summed E-state index contributed by atoms with van der Waals surface area (Å²) in [4.78, 5) is 12.5. The van der Waals surface area contributed by atoms with Gasteiger partial charge in [0.25, 0.3) is 0 Å². The number of rotatable bonds is 4. The zero-order chi connectivity index (χ0) is 17.2. The second-order valence-electron chi connectivity index (χ2n) is 6.63. The number of hydrogen-bond acceptors (Lipinski definition) is 6. The molecule has 1 saturated heterocycles. The molecule has 0 bridgehead atoms. The van der Waals surface area contributed by atoms with Crippen molar-refractivity contribution in [2.75, 3.05) is 18.5 Å². The van der Waals surface area contributed by atoms with Gasteiger partial charge < -0.3 is 10.5 Å². The Bertz CT molecular complexity index is 708. The Kier molecular flexibility index (Phi) is 4.67. The van der Waals surface area contributed by atoms with E-state index in [2.05, 4.69) is 41.5 Å². The molecule has 1 aliphatic heterocycles. The third kappa shape index (κ3) is 3.33. The molecule has 6 nitrogen and oxygen atoms in total. The van der Waals surface area contributed by atoms with Gasteiger partial charge in [0.15, 0.2) is 0 Å². The van der Waals surface area contributed by atoms with E-state index in [1.54, 1.807) is 0 Å². The predicted octanol–water partition coefficient (Wildman–Crippen LogP) is 2.31. The Hall–Kier alpha value is -1.83. The van der Waals surface area contributed by atoms with Crippen LogP contribution in [-0.2, 0) is 14.9 Å². The molecule has 24 heavy (non-hydrogen) atoms. The van der Waals surface area contributed by atoms with Crippen molar-refractivity contribution in [1.82, 2.24) is 10.2 Å². The van der Waals surface area contributed by atoms with E-state index in [1.807, 2.05) is 18.2 Å². The number of carbonyl (C=O) groups is 1. The number of benzene rings is 1. The molecule has 2 aromatic rings. The third-order valence-electron chi connectivity index (χ3n) is 4.51. The fourth-order valence-corrected chi connectivity index (χ4v) is 3.55. The van der Waals surface area contributed by atoms with E-state index in [0.717, 1.165) is 10.6 Å². The van der Waals surface area contributed by atoms with E-state index in [0.29, 0.717) is 31.2 Å². The first-order valence-corrected chi connectivity index (χ1v) is 8.81. The molecule has 0 saturated carbocycles. The number of nitrogens with one attached hydrogen (secondary N) is 1. The van der Waals surface area contributed by atoms with Gasteiger partial charge in [-0.25, -0.2) is 0 Å². The largest absolute Gasteiger partial charge is 0.381 e. The number of anilines is 1. The number of nitrogens with two attached hydrogens (primary N) is 1. The molecule has 0 radical (unpaired) electrons. The van der Waals surface area contributed by atoms with Crippen molar-refractivity contribution in [3.05, 3.63) is 40.9 Å². The molecular formula is C17H22N4O2S. The van der Waals surface area contributed by atoms with Gasteiger partial charge in [0.1, 0.15) is 10.5 Å². The van der Waals surface area contributed by atoms with Gasteiger partial charge >= 0.3 is 0 Å². The Morgan fingerprint density at radius 1 is 1.25 bits per heavy atom. The smallest absolute Gasteiger partial charge is 0.246 e. The highest BCUT2D eigenvalue weighted by atomic mass is 32.1. The number of nitrogens with zero attached hydrogens (tertiary/aromatic N) is 2. The van der Waals surface area contributed by atoms with Gasteiger partial charge in [-0.05, 0) is 32.3 Å². The van der Waals surface area contributed by atoms with Crippen LogP contribution in [0.5, 0.6) is 0 Å². The molecule has 0 unspecified atom stereocenters. The molecule has 3 rings (SSSR count). The summed E-state index contributed by atoms with van der Waals surface area (Å²) in [5.41, 5.74) is 6.18. The predicted molar refractivity (Wildman–Crippen MR) is 94.1 cm³/mol. The number of hydrogen-bond donors (Lipinski definition) is 2. The summed E-state index contributed by atoms with van der Waals surface area (Å²) in [6.07, 6.45) is 1.03. The average Bonchev–Trinajstić information content (AvgIpc) is 3.06. The van der Waals surface area contributed by atoms with Gasteiger partial charge in [-0.2, -0.15) is 0 Å². The summed E-state index contributed by atoms with van der Waals surface area (Å²) in [7, 11) is 0. The molecule has 1 aromatic heterocycles. The van der Waals surface area contributed by atoms with Crippen LogP contribution in [0.15, 0.2) is 30.3 Å². The van der Waals surface area contributed by atoms with Gasteiger partial charge in [-0.15, -0.1) is 10.2 Å².